The van der Waals surface area contributed by atoms with Gasteiger partial charge in [-0.15, -0.1) is 0 Å². The molecule has 3 rings (SSSR count). The smallest absolute Gasteiger partial charge is 0.236 e. The number of amides is 1. The zero-order valence-corrected chi connectivity index (χ0v) is 22.4. The van der Waals surface area contributed by atoms with Gasteiger partial charge in [0.2, 0.25) is 5.91 Å². The minimum absolute atomic E-state index is 0.0865. The molecule has 36 heavy (non-hydrogen) atoms. The van der Waals surface area contributed by atoms with Gasteiger partial charge in [-0.05, 0) is 75.2 Å². The van der Waals surface area contributed by atoms with Crippen LogP contribution < -0.4 is 9.47 Å². The summed E-state index contributed by atoms with van der Waals surface area (Å²) in [6, 6.07) is 12.3. The van der Waals surface area contributed by atoms with Gasteiger partial charge in [-0.2, -0.15) is 0 Å². The Morgan fingerprint density at radius 1 is 0.889 bits per heavy atom. The summed E-state index contributed by atoms with van der Waals surface area (Å²) in [5.41, 5.74) is 1.12. The third-order valence-electron chi connectivity index (χ3n) is 6.32. The standard InChI is InChI=1S/C28H38ClN3O4/c1-4-35-26-13-10-23(20-25(26)29)28(34)22-8-11-24(12-9-22)36-19-7-5-6-14-31-15-17-32(18-16-31)21-27(33)30(2)3/h8-13,20H,4-7,14-19,21H2,1-3H3. The van der Waals surface area contributed by atoms with Gasteiger partial charge >= 0.3 is 0 Å². The molecular weight excluding hydrogens is 478 g/mol. The van der Waals surface area contributed by atoms with E-state index < -0.39 is 0 Å². The lowest BCUT2D eigenvalue weighted by atomic mass is 10.0. The lowest BCUT2D eigenvalue weighted by Crippen LogP contribution is -2.49. The van der Waals surface area contributed by atoms with Crippen molar-refractivity contribution in [1.29, 1.82) is 0 Å². The van der Waals surface area contributed by atoms with E-state index in [0.717, 1.165) is 57.7 Å². The second-order valence-corrected chi connectivity index (χ2v) is 9.65. The first-order valence-electron chi connectivity index (χ1n) is 12.7. The fourth-order valence-corrected chi connectivity index (χ4v) is 4.33. The van der Waals surface area contributed by atoms with E-state index in [0.29, 0.717) is 41.7 Å². The highest BCUT2D eigenvalue weighted by atomic mass is 35.5. The van der Waals surface area contributed by atoms with E-state index in [2.05, 4.69) is 9.80 Å². The van der Waals surface area contributed by atoms with Crippen molar-refractivity contribution < 1.29 is 19.1 Å². The molecule has 0 saturated carbocycles. The van der Waals surface area contributed by atoms with Crippen LogP contribution >= 0.6 is 11.6 Å². The minimum Gasteiger partial charge on any atom is -0.494 e. The van der Waals surface area contributed by atoms with Gasteiger partial charge in [-0.25, -0.2) is 0 Å². The Bertz CT molecular complexity index is 989. The van der Waals surface area contributed by atoms with Gasteiger partial charge in [-0.3, -0.25) is 14.5 Å². The number of piperazine rings is 1. The highest BCUT2D eigenvalue weighted by Gasteiger charge is 2.19. The normalized spacial score (nSPS) is 14.4. The van der Waals surface area contributed by atoms with Gasteiger partial charge in [0.1, 0.15) is 11.5 Å². The molecule has 7 nitrogen and oxygen atoms in total. The van der Waals surface area contributed by atoms with Crippen molar-refractivity contribution in [3.63, 3.8) is 0 Å². The summed E-state index contributed by atoms with van der Waals surface area (Å²) < 4.78 is 11.3. The number of halogens is 1. The van der Waals surface area contributed by atoms with E-state index in [1.54, 1.807) is 49.3 Å². The molecule has 2 aromatic rings. The molecule has 0 unspecified atom stereocenters. The highest BCUT2D eigenvalue weighted by molar-refractivity contribution is 6.32. The van der Waals surface area contributed by atoms with Crippen LogP contribution in [0, 0.1) is 0 Å². The molecular formula is C28H38ClN3O4. The number of ketones is 1. The third kappa shape index (κ3) is 8.50. The van der Waals surface area contributed by atoms with Crippen molar-refractivity contribution in [2.45, 2.75) is 26.2 Å². The number of nitrogens with zero attached hydrogens (tertiary/aromatic N) is 3. The Kier molecular flexibility index (Phi) is 11.0. The molecule has 0 radical (unpaired) electrons. The van der Waals surface area contributed by atoms with E-state index in [9.17, 15) is 9.59 Å². The Morgan fingerprint density at radius 3 is 2.19 bits per heavy atom. The first kappa shape index (κ1) is 28.0. The summed E-state index contributed by atoms with van der Waals surface area (Å²) in [6.45, 7) is 8.61. The Balaban J connectivity index is 1.31. The summed E-state index contributed by atoms with van der Waals surface area (Å²) in [5.74, 6) is 1.42. The molecule has 1 heterocycles. The molecule has 8 heteroatoms. The molecule has 1 aliphatic heterocycles. The monoisotopic (exact) mass is 515 g/mol. The molecule has 1 amide bonds. The molecule has 196 valence electrons. The Hall–Kier alpha value is -2.61. The van der Waals surface area contributed by atoms with E-state index in [-0.39, 0.29) is 11.7 Å². The predicted octanol–water partition coefficient (Wildman–Crippen LogP) is 4.22. The minimum atomic E-state index is -0.0865. The largest absolute Gasteiger partial charge is 0.494 e. The van der Waals surface area contributed by atoms with E-state index >= 15 is 0 Å². The van der Waals surface area contributed by atoms with E-state index in [1.165, 1.54) is 0 Å². The molecule has 1 aliphatic rings. The SMILES string of the molecule is CCOc1ccc(C(=O)c2ccc(OCCCCCN3CCN(CC(=O)N(C)C)CC3)cc2)cc1Cl. The zero-order chi connectivity index (χ0) is 25.9. The third-order valence-corrected chi connectivity index (χ3v) is 6.62. The van der Waals surface area contributed by atoms with Crippen LogP contribution in [0.15, 0.2) is 42.5 Å². The van der Waals surface area contributed by atoms with Crippen LogP contribution in [0.4, 0.5) is 0 Å². The topological polar surface area (TPSA) is 62.3 Å². The van der Waals surface area contributed by atoms with E-state index in [4.69, 9.17) is 21.1 Å². The van der Waals surface area contributed by atoms with Crippen LogP contribution in [0.1, 0.15) is 42.1 Å². The molecule has 0 atom stereocenters. The Labute approximate surface area is 219 Å². The molecule has 1 fully saturated rings. The van der Waals surface area contributed by atoms with Gasteiger partial charge < -0.3 is 19.3 Å². The average Bonchev–Trinajstić information content (AvgIpc) is 2.88. The van der Waals surface area contributed by atoms with Gasteiger partial charge in [0, 0.05) is 51.4 Å². The number of carbonyl (C=O) groups is 2. The van der Waals surface area contributed by atoms with Crippen LogP contribution in [-0.2, 0) is 4.79 Å². The predicted molar refractivity (Wildman–Crippen MR) is 143 cm³/mol. The highest BCUT2D eigenvalue weighted by Crippen LogP contribution is 2.27. The number of hydrogen-bond acceptors (Lipinski definition) is 6. The second-order valence-electron chi connectivity index (χ2n) is 9.25. The molecule has 1 saturated heterocycles. The number of benzene rings is 2. The van der Waals surface area contributed by atoms with Crippen molar-refractivity contribution >= 4 is 23.3 Å². The zero-order valence-electron chi connectivity index (χ0n) is 21.7. The van der Waals surface area contributed by atoms with E-state index in [1.807, 2.05) is 19.1 Å². The van der Waals surface area contributed by atoms with Crippen LogP contribution in [-0.4, -0.2) is 93.0 Å². The molecule has 0 bridgehead atoms. The molecule has 0 N–H and O–H groups in total. The fourth-order valence-electron chi connectivity index (χ4n) is 4.09. The van der Waals surface area contributed by atoms with Crippen molar-refractivity contribution in [2.75, 3.05) is 66.6 Å². The van der Waals surface area contributed by atoms with Gasteiger partial charge in [0.05, 0.1) is 24.8 Å². The molecule has 2 aromatic carbocycles. The van der Waals surface area contributed by atoms with Crippen molar-refractivity contribution in [2.24, 2.45) is 0 Å². The summed E-state index contributed by atoms with van der Waals surface area (Å²) >= 11 is 6.22. The van der Waals surface area contributed by atoms with Crippen LogP contribution in [0.5, 0.6) is 11.5 Å². The van der Waals surface area contributed by atoms with Crippen LogP contribution in [0.2, 0.25) is 5.02 Å². The summed E-state index contributed by atoms with van der Waals surface area (Å²) in [6.07, 6.45) is 3.23. The Morgan fingerprint density at radius 2 is 1.56 bits per heavy atom. The number of ether oxygens (including phenoxy) is 2. The first-order chi connectivity index (χ1) is 17.4. The molecule has 0 aromatic heterocycles. The lowest BCUT2D eigenvalue weighted by molar-refractivity contribution is -0.130. The number of likely N-dealkylation sites (N-methyl/N-ethyl adjacent to an activating group) is 1. The van der Waals surface area contributed by atoms with Crippen molar-refractivity contribution in [3.05, 3.63) is 58.6 Å². The number of rotatable bonds is 13. The first-order valence-corrected chi connectivity index (χ1v) is 13.1. The molecule has 0 spiro atoms. The molecule has 0 aliphatic carbocycles. The van der Waals surface area contributed by atoms with Crippen LogP contribution in [0.25, 0.3) is 0 Å². The summed E-state index contributed by atoms with van der Waals surface area (Å²) in [5, 5.41) is 0.432. The number of carbonyl (C=O) groups excluding carboxylic acids is 2. The lowest BCUT2D eigenvalue weighted by Gasteiger charge is -2.34. The van der Waals surface area contributed by atoms with Gasteiger partial charge in [0.25, 0.3) is 0 Å². The fraction of sp³-hybridized carbons (Fsp3) is 0.500. The quantitative estimate of drug-likeness (QED) is 0.294. The van der Waals surface area contributed by atoms with Crippen molar-refractivity contribution in [3.8, 4) is 11.5 Å². The maximum absolute atomic E-state index is 12.8. The number of hydrogen-bond donors (Lipinski definition) is 0. The maximum Gasteiger partial charge on any atom is 0.236 e. The summed E-state index contributed by atoms with van der Waals surface area (Å²) in [4.78, 5) is 31.0. The second kappa shape index (κ2) is 14.2. The van der Waals surface area contributed by atoms with Crippen LogP contribution in [0.3, 0.4) is 0 Å². The summed E-state index contributed by atoms with van der Waals surface area (Å²) in [7, 11) is 3.61. The average molecular weight is 516 g/mol. The number of unbranched alkanes of at least 4 members (excludes halogenated alkanes) is 2. The van der Waals surface area contributed by atoms with Crippen molar-refractivity contribution in [1.82, 2.24) is 14.7 Å². The van der Waals surface area contributed by atoms with Gasteiger partial charge in [0.15, 0.2) is 5.78 Å². The maximum atomic E-state index is 12.8. The van der Waals surface area contributed by atoms with Gasteiger partial charge in [-0.1, -0.05) is 11.6 Å².